The topological polar surface area (TPSA) is 36.9 Å². The molecule has 1 aliphatic rings. The Kier molecular flexibility index (Phi) is 11.0. The zero-order valence-corrected chi connectivity index (χ0v) is 20.1. The van der Waals surface area contributed by atoms with E-state index in [1.807, 2.05) is 0 Å². The van der Waals surface area contributed by atoms with Crippen LogP contribution in [0.3, 0.4) is 0 Å². The molecule has 0 heterocycles. The normalized spacial score (nSPS) is 23.1. The SMILES string of the molecule is CCCCCC(C)(C)OOC1(OOC(C)(C)CCCCC)CC(C)CCC1C. The van der Waals surface area contributed by atoms with Gasteiger partial charge in [-0.25, -0.2) is 9.78 Å². The van der Waals surface area contributed by atoms with Gasteiger partial charge >= 0.3 is 0 Å². The lowest BCUT2D eigenvalue weighted by Gasteiger charge is -2.44. The van der Waals surface area contributed by atoms with Gasteiger partial charge < -0.3 is 0 Å². The highest BCUT2D eigenvalue weighted by molar-refractivity contribution is 4.84. The minimum absolute atomic E-state index is 0.224. The van der Waals surface area contributed by atoms with Crippen LogP contribution in [0, 0.1) is 11.8 Å². The van der Waals surface area contributed by atoms with Gasteiger partial charge in [0.05, 0.1) is 11.2 Å². The summed E-state index contributed by atoms with van der Waals surface area (Å²) in [5.74, 6) is -0.0850. The van der Waals surface area contributed by atoms with Gasteiger partial charge in [0.1, 0.15) is 0 Å². The van der Waals surface area contributed by atoms with Crippen LogP contribution in [0.2, 0.25) is 0 Å². The quantitative estimate of drug-likeness (QED) is 0.129. The third-order valence-electron chi connectivity index (χ3n) is 6.06. The van der Waals surface area contributed by atoms with Crippen molar-refractivity contribution in [3.05, 3.63) is 0 Å². The van der Waals surface area contributed by atoms with Gasteiger partial charge in [-0.3, -0.25) is 0 Å². The van der Waals surface area contributed by atoms with Gasteiger partial charge in [-0.2, -0.15) is 9.78 Å². The van der Waals surface area contributed by atoms with Crippen molar-refractivity contribution in [2.75, 3.05) is 0 Å². The molecule has 0 radical (unpaired) electrons. The van der Waals surface area contributed by atoms with Crippen molar-refractivity contribution in [3.63, 3.8) is 0 Å². The van der Waals surface area contributed by atoms with E-state index in [9.17, 15) is 0 Å². The molecule has 0 amide bonds. The van der Waals surface area contributed by atoms with Gasteiger partial charge in [0, 0.05) is 12.3 Å². The Hall–Kier alpha value is -0.160. The summed E-state index contributed by atoms with van der Waals surface area (Å²) in [6.45, 7) is 17.3. The maximum Gasteiger partial charge on any atom is 0.236 e. The van der Waals surface area contributed by atoms with Crippen LogP contribution < -0.4 is 0 Å². The molecule has 28 heavy (non-hydrogen) atoms. The highest BCUT2D eigenvalue weighted by Gasteiger charge is 2.48. The van der Waals surface area contributed by atoms with E-state index in [0.29, 0.717) is 5.92 Å². The fraction of sp³-hybridized carbons (Fsp3) is 1.00. The fourth-order valence-corrected chi connectivity index (χ4v) is 3.84. The Balaban J connectivity index is 2.75. The highest BCUT2D eigenvalue weighted by atomic mass is 17.3. The van der Waals surface area contributed by atoms with Crippen LogP contribution in [0.5, 0.6) is 0 Å². The summed E-state index contributed by atoms with van der Waals surface area (Å²) in [5, 5.41) is 0. The van der Waals surface area contributed by atoms with Crippen molar-refractivity contribution in [2.24, 2.45) is 11.8 Å². The molecule has 0 aromatic heterocycles. The molecule has 1 aliphatic carbocycles. The molecule has 0 saturated heterocycles. The average Bonchev–Trinajstić information content (AvgIpc) is 2.62. The molecule has 0 spiro atoms. The van der Waals surface area contributed by atoms with Crippen LogP contribution in [-0.4, -0.2) is 17.0 Å². The van der Waals surface area contributed by atoms with E-state index >= 15 is 0 Å². The lowest BCUT2D eigenvalue weighted by Crippen LogP contribution is -2.49. The molecule has 0 bridgehead atoms. The van der Waals surface area contributed by atoms with Crippen molar-refractivity contribution in [2.45, 2.75) is 143 Å². The molecule has 2 atom stereocenters. The van der Waals surface area contributed by atoms with Crippen LogP contribution in [0.1, 0.15) is 126 Å². The van der Waals surface area contributed by atoms with E-state index in [2.05, 4.69) is 55.4 Å². The van der Waals surface area contributed by atoms with E-state index in [-0.39, 0.29) is 17.1 Å². The first-order valence-corrected chi connectivity index (χ1v) is 11.8. The molecule has 0 aromatic carbocycles. The van der Waals surface area contributed by atoms with Crippen molar-refractivity contribution in [1.29, 1.82) is 0 Å². The second-order valence-corrected chi connectivity index (χ2v) is 10.4. The molecule has 4 nitrogen and oxygen atoms in total. The third kappa shape index (κ3) is 9.11. The zero-order chi connectivity index (χ0) is 21.3. The Labute approximate surface area is 174 Å². The summed E-state index contributed by atoms with van der Waals surface area (Å²) >= 11 is 0. The molecule has 0 aromatic rings. The first kappa shape index (κ1) is 25.9. The Bertz CT molecular complexity index is 393. The number of hydrogen-bond donors (Lipinski definition) is 0. The molecule has 0 N–H and O–H groups in total. The maximum absolute atomic E-state index is 6.12. The summed E-state index contributed by atoms with van der Waals surface area (Å²) in [6, 6.07) is 0. The van der Waals surface area contributed by atoms with Crippen molar-refractivity contribution >= 4 is 0 Å². The van der Waals surface area contributed by atoms with Crippen molar-refractivity contribution in [1.82, 2.24) is 0 Å². The fourth-order valence-electron chi connectivity index (χ4n) is 3.84. The number of rotatable bonds is 14. The van der Waals surface area contributed by atoms with Gasteiger partial charge in [0.15, 0.2) is 0 Å². The molecule has 1 fully saturated rings. The minimum atomic E-state index is -0.832. The van der Waals surface area contributed by atoms with Gasteiger partial charge in [0.2, 0.25) is 5.79 Å². The summed E-state index contributed by atoms with van der Waals surface area (Å²) in [5.41, 5.74) is -0.662. The van der Waals surface area contributed by atoms with Gasteiger partial charge in [-0.1, -0.05) is 72.6 Å². The van der Waals surface area contributed by atoms with E-state index in [0.717, 1.165) is 38.5 Å². The van der Waals surface area contributed by atoms with E-state index < -0.39 is 5.79 Å². The highest BCUT2D eigenvalue weighted by Crippen LogP contribution is 2.43. The number of unbranched alkanes of at least 4 members (excludes halogenated alkanes) is 4. The predicted octanol–water partition coefficient (Wildman–Crippen LogP) is 7.75. The molecular formula is C24H48O4. The van der Waals surface area contributed by atoms with Crippen LogP contribution >= 0.6 is 0 Å². The summed E-state index contributed by atoms with van der Waals surface area (Å²) < 4.78 is 0. The smallest absolute Gasteiger partial charge is 0.228 e. The van der Waals surface area contributed by atoms with Gasteiger partial charge in [0.25, 0.3) is 0 Å². The Morgan fingerprint density at radius 3 is 1.64 bits per heavy atom. The largest absolute Gasteiger partial charge is 0.236 e. The standard InChI is InChI=1S/C24H48O4/c1-9-11-13-17-22(5,6)25-27-24(19-20(3)15-16-21(24)4)28-26-23(7,8)18-14-12-10-2/h20-21H,9-19H2,1-8H3. The van der Waals surface area contributed by atoms with E-state index in [1.165, 1.54) is 32.1 Å². The second kappa shape index (κ2) is 11.9. The molecule has 1 saturated carbocycles. The summed E-state index contributed by atoms with van der Waals surface area (Å²) in [7, 11) is 0. The van der Waals surface area contributed by atoms with E-state index in [1.54, 1.807) is 0 Å². The van der Waals surface area contributed by atoms with Crippen LogP contribution in [-0.2, 0) is 19.6 Å². The zero-order valence-electron chi connectivity index (χ0n) is 20.1. The number of hydrogen-bond acceptors (Lipinski definition) is 4. The van der Waals surface area contributed by atoms with Gasteiger partial charge in [-0.05, 0) is 52.9 Å². The second-order valence-electron chi connectivity index (χ2n) is 10.4. The molecule has 168 valence electrons. The first-order valence-electron chi connectivity index (χ1n) is 11.8. The van der Waals surface area contributed by atoms with Crippen molar-refractivity contribution < 1.29 is 19.6 Å². The minimum Gasteiger partial charge on any atom is -0.228 e. The molecule has 4 heteroatoms. The third-order valence-corrected chi connectivity index (χ3v) is 6.06. The van der Waals surface area contributed by atoms with Crippen LogP contribution in [0.4, 0.5) is 0 Å². The lowest BCUT2D eigenvalue weighted by atomic mass is 9.79. The molecular weight excluding hydrogens is 352 g/mol. The molecule has 1 rings (SSSR count). The lowest BCUT2D eigenvalue weighted by molar-refractivity contribution is -0.559. The van der Waals surface area contributed by atoms with Crippen molar-refractivity contribution in [3.8, 4) is 0 Å². The molecule has 0 aliphatic heterocycles. The Morgan fingerprint density at radius 1 is 0.750 bits per heavy atom. The van der Waals surface area contributed by atoms with Crippen LogP contribution in [0.15, 0.2) is 0 Å². The summed E-state index contributed by atoms with van der Waals surface area (Å²) in [4.78, 5) is 24.2. The predicted molar refractivity (Wildman–Crippen MR) is 116 cm³/mol. The average molecular weight is 401 g/mol. The summed E-state index contributed by atoms with van der Waals surface area (Å²) in [6.07, 6.45) is 12.1. The monoisotopic (exact) mass is 400 g/mol. The Morgan fingerprint density at radius 2 is 1.21 bits per heavy atom. The van der Waals surface area contributed by atoms with E-state index in [4.69, 9.17) is 19.6 Å². The van der Waals surface area contributed by atoms with Gasteiger partial charge in [-0.15, -0.1) is 0 Å². The first-order chi connectivity index (χ1) is 13.1. The maximum atomic E-state index is 6.12. The molecule has 2 unspecified atom stereocenters. The van der Waals surface area contributed by atoms with Crippen LogP contribution in [0.25, 0.3) is 0 Å².